The maximum Gasteiger partial charge on any atom is 0.261 e. The molecule has 0 aliphatic carbocycles. The molecular weight excluding hydrogens is 286 g/mol. The number of hydrogen-bond donors (Lipinski definition) is 1. The first-order valence-corrected chi connectivity index (χ1v) is 8.60. The van der Waals surface area contributed by atoms with Crippen LogP contribution in [0.2, 0.25) is 0 Å². The average molecular weight is 304 g/mol. The summed E-state index contributed by atoms with van der Waals surface area (Å²) in [5.41, 5.74) is 1.34. The maximum absolute atomic E-state index is 12.0. The van der Waals surface area contributed by atoms with E-state index in [0.717, 1.165) is 17.1 Å². The number of halogens is 1. The Morgan fingerprint density at radius 3 is 3.00 bits per heavy atom. The van der Waals surface area contributed by atoms with E-state index >= 15 is 0 Å². The Hall–Kier alpha value is -0.190. The van der Waals surface area contributed by atoms with Gasteiger partial charge in [-0.25, -0.2) is 0 Å². The molecule has 1 aromatic heterocycles. The first kappa shape index (κ1) is 14.2. The molecule has 2 rings (SSSR count). The molecule has 2 heterocycles. The van der Waals surface area contributed by atoms with Crippen molar-refractivity contribution in [3.8, 4) is 0 Å². The fourth-order valence-electron chi connectivity index (χ4n) is 1.77. The van der Waals surface area contributed by atoms with Crippen molar-refractivity contribution < 1.29 is 4.79 Å². The average Bonchev–Trinajstić information content (AvgIpc) is 2.79. The number of amides is 1. The predicted molar refractivity (Wildman–Crippen MR) is 81.0 cm³/mol. The Morgan fingerprint density at radius 1 is 1.56 bits per heavy atom. The standard InChI is InChI=1S/C13H18ClNOS2/c1-8(2)10(14)6-15-13(16)12-5-9-7-17-4-3-11(9)18-12/h5,8,10H,3-4,6-7H2,1-2H3,(H,15,16). The van der Waals surface area contributed by atoms with Crippen molar-refractivity contribution in [2.75, 3.05) is 12.3 Å². The van der Waals surface area contributed by atoms with Gasteiger partial charge in [0.1, 0.15) is 0 Å². The minimum Gasteiger partial charge on any atom is -0.350 e. The van der Waals surface area contributed by atoms with Crippen molar-refractivity contribution in [2.45, 2.75) is 31.4 Å². The fourth-order valence-corrected chi connectivity index (χ4v) is 4.14. The number of rotatable bonds is 4. The van der Waals surface area contributed by atoms with E-state index in [9.17, 15) is 4.79 Å². The first-order chi connectivity index (χ1) is 8.58. The third kappa shape index (κ3) is 3.43. The van der Waals surface area contributed by atoms with E-state index in [4.69, 9.17) is 11.6 Å². The highest BCUT2D eigenvalue weighted by molar-refractivity contribution is 7.98. The lowest BCUT2D eigenvalue weighted by Crippen LogP contribution is -2.31. The summed E-state index contributed by atoms with van der Waals surface area (Å²) in [4.78, 5) is 14.2. The van der Waals surface area contributed by atoms with Crippen molar-refractivity contribution in [1.29, 1.82) is 0 Å². The second kappa shape index (κ2) is 6.31. The highest BCUT2D eigenvalue weighted by atomic mass is 35.5. The zero-order chi connectivity index (χ0) is 13.1. The minimum atomic E-state index is -0.000841. The quantitative estimate of drug-likeness (QED) is 0.862. The van der Waals surface area contributed by atoms with Crippen LogP contribution in [-0.4, -0.2) is 23.6 Å². The van der Waals surface area contributed by atoms with Crippen molar-refractivity contribution in [1.82, 2.24) is 5.32 Å². The number of thioether (sulfide) groups is 1. The molecule has 1 unspecified atom stereocenters. The van der Waals surface area contributed by atoms with E-state index in [1.165, 1.54) is 16.2 Å². The van der Waals surface area contributed by atoms with Crippen molar-refractivity contribution in [3.05, 3.63) is 21.4 Å². The van der Waals surface area contributed by atoms with Gasteiger partial charge in [0, 0.05) is 17.2 Å². The summed E-state index contributed by atoms with van der Waals surface area (Å²) in [7, 11) is 0. The van der Waals surface area contributed by atoms with Gasteiger partial charge in [0.25, 0.3) is 5.91 Å². The Balaban J connectivity index is 1.95. The molecule has 1 amide bonds. The smallest absolute Gasteiger partial charge is 0.261 e. The summed E-state index contributed by atoms with van der Waals surface area (Å²) in [6.45, 7) is 4.66. The van der Waals surface area contributed by atoms with Gasteiger partial charge in [-0.1, -0.05) is 13.8 Å². The molecule has 0 aromatic carbocycles. The van der Waals surface area contributed by atoms with Crippen LogP contribution in [0.5, 0.6) is 0 Å². The van der Waals surface area contributed by atoms with Crippen LogP contribution in [0.25, 0.3) is 0 Å². The van der Waals surface area contributed by atoms with Crippen molar-refractivity contribution in [2.24, 2.45) is 5.92 Å². The zero-order valence-corrected chi connectivity index (χ0v) is 13.1. The van der Waals surface area contributed by atoms with Gasteiger partial charge in [0.15, 0.2) is 0 Å². The molecule has 5 heteroatoms. The number of nitrogens with one attached hydrogen (secondary N) is 1. The van der Waals surface area contributed by atoms with Crippen molar-refractivity contribution >= 4 is 40.6 Å². The van der Waals surface area contributed by atoms with E-state index in [1.54, 1.807) is 11.3 Å². The number of alkyl halides is 1. The predicted octanol–water partition coefficient (Wildman–Crippen LogP) is 3.53. The monoisotopic (exact) mass is 303 g/mol. The Bertz CT molecular complexity index is 407. The van der Waals surface area contributed by atoms with Crippen LogP contribution in [0, 0.1) is 5.92 Å². The van der Waals surface area contributed by atoms with E-state index in [0.29, 0.717) is 12.5 Å². The lowest BCUT2D eigenvalue weighted by Gasteiger charge is -2.13. The normalized spacial score (nSPS) is 16.4. The van der Waals surface area contributed by atoms with E-state index in [2.05, 4.69) is 19.2 Å². The van der Waals surface area contributed by atoms with Crippen LogP contribution in [-0.2, 0) is 12.2 Å². The number of carbonyl (C=O) groups excluding carboxylic acids is 1. The summed E-state index contributed by atoms with van der Waals surface area (Å²) >= 11 is 9.71. The number of thiophene rings is 1. The SMILES string of the molecule is CC(C)C(Cl)CNC(=O)c1cc2c(s1)CCSC2. The number of hydrogen-bond acceptors (Lipinski definition) is 3. The van der Waals surface area contributed by atoms with Gasteiger partial charge in [-0.3, -0.25) is 4.79 Å². The van der Waals surface area contributed by atoms with Gasteiger partial charge in [-0.2, -0.15) is 11.8 Å². The molecule has 1 aliphatic heterocycles. The number of aryl methyl sites for hydroxylation is 1. The molecule has 100 valence electrons. The third-order valence-electron chi connectivity index (χ3n) is 3.03. The van der Waals surface area contributed by atoms with E-state index in [-0.39, 0.29) is 11.3 Å². The van der Waals surface area contributed by atoms with E-state index < -0.39 is 0 Å². The van der Waals surface area contributed by atoms with Gasteiger partial charge >= 0.3 is 0 Å². The highest BCUT2D eigenvalue weighted by Gasteiger charge is 2.18. The first-order valence-electron chi connectivity index (χ1n) is 6.19. The van der Waals surface area contributed by atoms with E-state index in [1.807, 2.05) is 17.8 Å². The molecule has 0 saturated carbocycles. The topological polar surface area (TPSA) is 29.1 Å². The number of carbonyl (C=O) groups is 1. The summed E-state index contributed by atoms with van der Waals surface area (Å²) < 4.78 is 0. The van der Waals surface area contributed by atoms with Crippen LogP contribution < -0.4 is 5.32 Å². The molecule has 1 aromatic rings. The molecular formula is C13H18ClNOS2. The molecule has 0 fully saturated rings. The Kier molecular flexibility index (Phi) is 4.98. The van der Waals surface area contributed by atoms with Crippen LogP contribution in [0.15, 0.2) is 6.07 Å². The third-order valence-corrected chi connectivity index (χ3v) is 5.93. The largest absolute Gasteiger partial charge is 0.350 e. The second-order valence-corrected chi connectivity index (χ2v) is 7.63. The number of fused-ring (bicyclic) bond motifs is 1. The lowest BCUT2D eigenvalue weighted by molar-refractivity contribution is 0.0956. The van der Waals surface area contributed by atoms with Gasteiger partial charge < -0.3 is 5.32 Å². The Morgan fingerprint density at radius 2 is 2.33 bits per heavy atom. The minimum absolute atomic E-state index is 0.000841. The molecule has 1 atom stereocenters. The Labute approximate surface area is 121 Å². The lowest BCUT2D eigenvalue weighted by atomic mass is 10.1. The molecule has 2 nitrogen and oxygen atoms in total. The van der Waals surface area contributed by atoms with Gasteiger partial charge in [-0.05, 0) is 29.7 Å². The molecule has 1 N–H and O–H groups in total. The molecule has 0 radical (unpaired) electrons. The maximum atomic E-state index is 12.0. The van der Waals surface area contributed by atoms with Gasteiger partial charge in [0.05, 0.1) is 10.3 Å². The highest BCUT2D eigenvalue weighted by Crippen LogP contribution is 2.31. The van der Waals surface area contributed by atoms with Crippen LogP contribution >= 0.6 is 34.7 Å². The zero-order valence-electron chi connectivity index (χ0n) is 10.7. The summed E-state index contributed by atoms with van der Waals surface area (Å²) in [6.07, 6.45) is 1.10. The van der Waals surface area contributed by atoms with Gasteiger partial charge in [0.2, 0.25) is 0 Å². The summed E-state index contributed by atoms with van der Waals surface area (Å²) in [5, 5.41) is 2.92. The van der Waals surface area contributed by atoms with Crippen LogP contribution in [0.4, 0.5) is 0 Å². The molecule has 0 spiro atoms. The molecule has 1 aliphatic rings. The van der Waals surface area contributed by atoms with Crippen molar-refractivity contribution in [3.63, 3.8) is 0 Å². The molecule has 0 saturated heterocycles. The van der Waals surface area contributed by atoms with Crippen LogP contribution in [0.3, 0.4) is 0 Å². The molecule has 0 bridgehead atoms. The fraction of sp³-hybridized carbons (Fsp3) is 0.615. The molecule has 18 heavy (non-hydrogen) atoms. The van der Waals surface area contributed by atoms with Crippen LogP contribution in [0.1, 0.15) is 34.0 Å². The second-order valence-electron chi connectivity index (χ2n) is 4.83. The van der Waals surface area contributed by atoms with Gasteiger partial charge in [-0.15, -0.1) is 22.9 Å². The summed E-state index contributed by atoms with van der Waals surface area (Å²) in [6, 6.07) is 2.04. The summed E-state index contributed by atoms with van der Waals surface area (Å²) in [5.74, 6) is 2.61.